The number of fused-ring (bicyclic) bond motifs is 1. The lowest BCUT2D eigenvalue weighted by atomic mass is 10.1. The summed E-state index contributed by atoms with van der Waals surface area (Å²) >= 11 is 12.1. The molecule has 0 spiro atoms. The van der Waals surface area contributed by atoms with Gasteiger partial charge in [-0.2, -0.15) is 0 Å². The van der Waals surface area contributed by atoms with E-state index >= 15 is 0 Å². The summed E-state index contributed by atoms with van der Waals surface area (Å²) in [5.74, 6) is 0.808. The average Bonchev–Trinajstić information content (AvgIpc) is 3.12. The van der Waals surface area contributed by atoms with Crippen LogP contribution in [0.1, 0.15) is 16.8 Å². The minimum absolute atomic E-state index is 0.662. The van der Waals surface area contributed by atoms with E-state index in [0.717, 1.165) is 51.6 Å². The van der Waals surface area contributed by atoms with E-state index in [1.807, 2.05) is 54.7 Å². The number of nitrogens with zero attached hydrogens (tertiary/aromatic N) is 2. The van der Waals surface area contributed by atoms with Gasteiger partial charge in [0.15, 0.2) is 5.11 Å². The molecule has 4 aromatic rings. The number of hydrogen-bond donors (Lipinski definition) is 2. The van der Waals surface area contributed by atoms with Crippen LogP contribution in [0.4, 0.5) is 5.69 Å². The number of aryl methyl sites for hydroxylation is 1. The molecule has 2 aromatic carbocycles. The van der Waals surface area contributed by atoms with Crippen molar-refractivity contribution in [3.05, 3.63) is 88.8 Å². The first kappa shape index (κ1) is 22.1. The second kappa shape index (κ2) is 10.0. The van der Waals surface area contributed by atoms with Crippen LogP contribution in [0.2, 0.25) is 5.02 Å². The van der Waals surface area contributed by atoms with Gasteiger partial charge < -0.3 is 19.9 Å². The van der Waals surface area contributed by atoms with Crippen LogP contribution in [0, 0.1) is 6.92 Å². The minimum Gasteiger partial charge on any atom is -0.497 e. The third-order valence-corrected chi connectivity index (χ3v) is 6.03. The van der Waals surface area contributed by atoms with E-state index in [1.54, 1.807) is 13.3 Å². The molecule has 164 valence electrons. The Morgan fingerprint density at radius 3 is 2.72 bits per heavy atom. The number of pyridine rings is 1. The van der Waals surface area contributed by atoms with Crippen molar-refractivity contribution < 1.29 is 4.74 Å². The molecule has 0 amide bonds. The van der Waals surface area contributed by atoms with Crippen LogP contribution in [0.3, 0.4) is 0 Å². The van der Waals surface area contributed by atoms with E-state index in [-0.39, 0.29) is 0 Å². The molecule has 0 aliphatic rings. The Kier molecular flexibility index (Phi) is 6.93. The Hall–Kier alpha value is -3.09. The zero-order chi connectivity index (χ0) is 22.5. The molecule has 2 N–H and O–H groups in total. The fourth-order valence-corrected chi connectivity index (χ4v) is 4.21. The molecule has 0 aliphatic carbocycles. The Labute approximate surface area is 198 Å². The van der Waals surface area contributed by atoms with E-state index in [4.69, 9.17) is 28.6 Å². The van der Waals surface area contributed by atoms with Gasteiger partial charge in [0.25, 0.3) is 0 Å². The predicted molar refractivity (Wildman–Crippen MR) is 136 cm³/mol. The third kappa shape index (κ3) is 5.21. The lowest BCUT2D eigenvalue weighted by Gasteiger charge is -2.26. The molecule has 4 rings (SSSR count). The van der Waals surface area contributed by atoms with Gasteiger partial charge in [0.05, 0.1) is 7.11 Å². The summed E-state index contributed by atoms with van der Waals surface area (Å²) in [7, 11) is 1.66. The van der Waals surface area contributed by atoms with Crippen LogP contribution in [-0.4, -0.2) is 33.6 Å². The second-order valence-electron chi connectivity index (χ2n) is 7.61. The zero-order valence-electron chi connectivity index (χ0n) is 18.1. The van der Waals surface area contributed by atoms with E-state index in [2.05, 4.69) is 33.2 Å². The van der Waals surface area contributed by atoms with Crippen molar-refractivity contribution in [3.8, 4) is 5.75 Å². The molecule has 0 radical (unpaired) electrons. The quantitative estimate of drug-likeness (QED) is 0.330. The average molecular weight is 465 g/mol. The van der Waals surface area contributed by atoms with Crippen LogP contribution < -0.4 is 10.1 Å². The van der Waals surface area contributed by atoms with Crippen molar-refractivity contribution in [2.75, 3.05) is 19.0 Å². The van der Waals surface area contributed by atoms with Crippen LogP contribution >= 0.6 is 23.8 Å². The molecule has 2 aromatic heterocycles. The van der Waals surface area contributed by atoms with Crippen molar-refractivity contribution in [2.45, 2.75) is 19.9 Å². The molecule has 0 fully saturated rings. The first-order chi connectivity index (χ1) is 15.5. The smallest absolute Gasteiger partial charge is 0.173 e. The predicted octanol–water partition coefficient (Wildman–Crippen LogP) is 5.98. The zero-order valence-corrected chi connectivity index (χ0v) is 19.6. The molecular weight excluding hydrogens is 440 g/mol. The van der Waals surface area contributed by atoms with Gasteiger partial charge in [0, 0.05) is 52.8 Å². The maximum Gasteiger partial charge on any atom is 0.173 e. The minimum atomic E-state index is 0.662. The fourth-order valence-electron chi connectivity index (χ4n) is 3.76. The first-order valence-corrected chi connectivity index (χ1v) is 11.2. The topological polar surface area (TPSA) is 53.2 Å². The highest BCUT2D eigenvalue weighted by atomic mass is 35.5. The van der Waals surface area contributed by atoms with Crippen molar-refractivity contribution in [1.29, 1.82) is 0 Å². The van der Waals surface area contributed by atoms with Gasteiger partial charge in [-0.25, -0.2) is 0 Å². The highest BCUT2D eigenvalue weighted by Crippen LogP contribution is 2.26. The number of aromatic amines is 1. The van der Waals surface area contributed by atoms with Gasteiger partial charge in [0.2, 0.25) is 0 Å². The molecule has 0 atom stereocenters. The normalized spacial score (nSPS) is 10.8. The van der Waals surface area contributed by atoms with Gasteiger partial charge in [-0.15, -0.1) is 0 Å². The molecular formula is C25H25ClN4OS. The number of nitrogens with one attached hydrogen (secondary N) is 2. The van der Waals surface area contributed by atoms with Crippen LogP contribution in [0.15, 0.2) is 67.0 Å². The van der Waals surface area contributed by atoms with Crippen molar-refractivity contribution in [2.24, 2.45) is 0 Å². The lowest BCUT2D eigenvalue weighted by Crippen LogP contribution is -2.36. The number of thiocarbonyl (C=S) groups is 1. The fraction of sp³-hybridized carbons (Fsp3) is 0.200. The van der Waals surface area contributed by atoms with Crippen molar-refractivity contribution in [3.63, 3.8) is 0 Å². The summed E-state index contributed by atoms with van der Waals surface area (Å²) in [4.78, 5) is 9.88. The third-order valence-electron chi connectivity index (χ3n) is 5.44. The first-order valence-electron chi connectivity index (χ1n) is 10.4. The monoisotopic (exact) mass is 464 g/mol. The molecule has 32 heavy (non-hydrogen) atoms. The molecule has 0 saturated carbocycles. The lowest BCUT2D eigenvalue weighted by molar-refractivity contribution is 0.415. The number of benzene rings is 2. The Morgan fingerprint density at radius 2 is 2.00 bits per heavy atom. The molecule has 0 aliphatic heterocycles. The molecule has 5 nitrogen and oxygen atoms in total. The molecule has 0 saturated heterocycles. The Morgan fingerprint density at radius 1 is 1.19 bits per heavy atom. The SMILES string of the molecule is COc1ccc(NC(=S)N(CCc2c(C)[nH]c3ccc(Cl)cc23)Cc2cccnc2)cc1. The highest BCUT2D eigenvalue weighted by Gasteiger charge is 2.15. The summed E-state index contributed by atoms with van der Waals surface area (Å²) in [6, 6.07) is 17.7. The number of aromatic nitrogens is 2. The second-order valence-corrected chi connectivity index (χ2v) is 8.43. The van der Waals surface area contributed by atoms with Gasteiger partial charge in [-0.05, 0) is 85.2 Å². The van der Waals surface area contributed by atoms with Crippen LogP contribution in [0.25, 0.3) is 10.9 Å². The molecule has 0 unspecified atom stereocenters. The summed E-state index contributed by atoms with van der Waals surface area (Å²) in [5, 5.41) is 5.91. The number of halogens is 1. The maximum absolute atomic E-state index is 6.26. The van der Waals surface area contributed by atoms with Crippen LogP contribution in [-0.2, 0) is 13.0 Å². The van der Waals surface area contributed by atoms with Gasteiger partial charge >= 0.3 is 0 Å². The van der Waals surface area contributed by atoms with Crippen molar-refractivity contribution >= 4 is 45.5 Å². The van der Waals surface area contributed by atoms with E-state index in [9.17, 15) is 0 Å². The van der Waals surface area contributed by atoms with Crippen LogP contribution in [0.5, 0.6) is 5.75 Å². The summed E-state index contributed by atoms with van der Waals surface area (Å²) in [6.45, 7) is 3.51. The number of anilines is 1. The van der Waals surface area contributed by atoms with Gasteiger partial charge in [0.1, 0.15) is 5.75 Å². The number of rotatable bonds is 7. The number of H-pyrrole nitrogens is 1. The van der Waals surface area contributed by atoms with E-state index in [0.29, 0.717) is 11.7 Å². The number of ether oxygens (including phenoxy) is 1. The Bertz CT molecular complexity index is 1210. The molecule has 7 heteroatoms. The van der Waals surface area contributed by atoms with Gasteiger partial charge in [-0.3, -0.25) is 4.98 Å². The highest BCUT2D eigenvalue weighted by molar-refractivity contribution is 7.80. The van der Waals surface area contributed by atoms with E-state index in [1.165, 1.54) is 5.56 Å². The largest absolute Gasteiger partial charge is 0.497 e. The maximum atomic E-state index is 6.26. The molecule has 0 bridgehead atoms. The summed E-state index contributed by atoms with van der Waals surface area (Å²) in [5.41, 5.74) is 5.52. The standard InChI is InChI=1S/C25H25ClN4OS/c1-17-22(23-14-19(26)5-10-24(23)28-17)11-13-30(16-18-4-3-12-27-15-18)25(32)29-20-6-8-21(31-2)9-7-20/h3-10,12,14-15,28H,11,13,16H2,1-2H3,(H,29,32). The Balaban J connectivity index is 1.54. The number of methoxy groups -OCH3 is 1. The molecule has 2 heterocycles. The number of hydrogen-bond acceptors (Lipinski definition) is 3. The summed E-state index contributed by atoms with van der Waals surface area (Å²) < 4.78 is 5.24. The van der Waals surface area contributed by atoms with Crippen molar-refractivity contribution in [1.82, 2.24) is 14.9 Å². The van der Waals surface area contributed by atoms with Gasteiger partial charge in [-0.1, -0.05) is 17.7 Å². The van der Waals surface area contributed by atoms with E-state index < -0.39 is 0 Å². The summed E-state index contributed by atoms with van der Waals surface area (Å²) in [6.07, 6.45) is 4.48.